The second kappa shape index (κ2) is 5.42. The van der Waals surface area contributed by atoms with E-state index in [1.54, 1.807) is 16.3 Å². The summed E-state index contributed by atoms with van der Waals surface area (Å²) >= 11 is 1.59. The van der Waals surface area contributed by atoms with E-state index in [9.17, 15) is 0 Å². The minimum Gasteiger partial charge on any atom is -0.326 e. The van der Waals surface area contributed by atoms with Gasteiger partial charge < -0.3 is 4.57 Å². The van der Waals surface area contributed by atoms with Gasteiger partial charge in [-0.1, -0.05) is 36.0 Å². The fourth-order valence-electron chi connectivity index (χ4n) is 3.28. The van der Waals surface area contributed by atoms with E-state index in [1.807, 2.05) is 19.9 Å². The molecule has 0 radical (unpaired) electrons. The van der Waals surface area contributed by atoms with Gasteiger partial charge in [-0.2, -0.15) is 4.98 Å². The molecule has 5 rings (SSSR count). The van der Waals surface area contributed by atoms with Crippen LogP contribution < -0.4 is 0 Å². The number of aryl methyl sites for hydroxylation is 2. The molecule has 4 aromatic rings. The fourth-order valence-corrected chi connectivity index (χ4v) is 3.98. The van der Waals surface area contributed by atoms with Gasteiger partial charge in [-0.25, -0.2) is 14.5 Å². The number of aromatic nitrogens is 6. The van der Waals surface area contributed by atoms with E-state index >= 15 is 0 Å². The molecule has 0 spiro atoms. The highest BCUT2D eigenvalue weighted by atomic mass is 32.2. The van der Waals surface area contributed by atoms with Gasteiger partial charge >= 0.3 is 0 Å². The summed E-state index contributed by atoms with van der Waals surface area (Å²) in [4.78, 5) is 13.7. The second-order valence-electron chi connectivity index (χ2n) is 6.27. The van der Waals surface area contributed by atoms with Gasteiger partial charge in [-0.05, 0) is 25.5 Å². The molecule has 0 saturated carbocycles. The predicted molar refractivity (Wildman–Crippen MR) is 96.6 cm³/mol. The first kappa shape index (κ1) is 14.7. The van der Waals surface area contributed by atoms with E-state index in [0.29, 0.717) is 5.78 Å². The summed E-state index contributed by atoms with van der Waals surface area (Å²) in [6, 6.07) is 10.5. The lowest BCUT2D eigenvalue weighted by molar-refractivity contribution is 0.842. The number of benzene rings is 1. The third kappa shape index (κ3) is 2.42. The first-order valence-electron chi connectivity index (χ1n) is 8.15. The van der Waals surface area contributed by atoms with Crippen molar-refractivity contribution >= 4 is 17.5 Å². The van der Waals surface area contributed by atoms with Crippen LogP contribution in [0.5, 0.6) is 0 Å². The maximum absolute atomic E-state index is 4.80. The van der Waals surface area contributed by atoms with Crippen LogP contribution in [-0.2, 0) is 12.3 Å². The van der Waals surface area contributed by atoms with Crippen molar-refractivity contribution in [2.24, 2.45) is 0 Å². The van der Waals surface area contributed by atoms with Crippen LogP contribution in [0.2, 0.25) is 0 Å². The van der Waals surface area contributed by atoms with Crippen molar-refractivity contribution in [2.75, 3.05) is 0 Å². The molecule has 1 aromatic carbocycles. The minimum atomic E-state index is 0.654. The van der Waals surface area contributed by atoms with Crippen molar-refractivity contribution in [1.82, 2.24) is 29.1 Å². The van der Waals surface area contributed by atoms with Crippen molar-refractivity contribution < 1.29 is 0 Å². The van der Waals surface area contributed by atoms with Crippen LogP contribution in [0.25, 0.3) is 17.2 Å². The quantitative estimate of drug-likeness (QED) is 0.468. The minimum absolute atomic E-state index is 0.654. The molecule has 6 nitrogen and oxygen atoms in total. The Bertz CT molecular complexity index is 1110. The Hall–Kier alpha value is -2.67. The molecular formula is C18H16N6S. The zero-order valence-corrected chi connectivity index (χ0v) is 14.8. The molecule has 25 heavy (non-hydrogen) atoms. The van der Waals surface area contributed by atoms with Gasteiger partial charge in [0, 0.05) is 35.4 Å². The summed E-state index contributed by atoms with van der Waals surface area (Å²) in [5, 5.41) is 5.27. The van der Waals surface area contributed by atoms with E-state index < -0.39 is 0 Å². The third-order valence-electron chi connectivity index (χ3n) is 4.37. The predicted octanol–water partition coefficient (Wildman–Crippen LogP) is 3.26. The van der Waals surface area contributed by atoms with E-state index in [2.05, 4.69) is 50.1 Å². The van der Waals surface area contributed by atoms with Crippen molar-refractivity contribution in [2.45, 2.75) is 31.3 Å². The molecule has 4 heterocycles. The van der Waals surface area contributed by atoms with Crippen LogP contribution in [-0.4, -0.2) is 29.1 Å². The maximum Gasteiger partial charge on any atom is 0.253 e. The average Bonchev–Trinajstić information content (AvgIpc) is 3.24. The Balaban J connectivity index is 1.39. The van der Waals surface area contributed by atoms with Gasteiger partial charge in [0.05, 0.1) is 5.69 Å². The van der Waals surface area contributed by atoms with E-state index in [1.165, 1.54) is 11.1 Å². The highest BCUT2D eigenvalue weighted by Crippen LogP contribution is 2.32. The molecule has 0 atom stereocenters. The molecule has 0 amide bonds. The number of rotatable bonds is 3. The highest BCUT2D eigenvalue weighted by Gasteiger charge is 2.20. The molecule has 3 aromatic heterocycles. The number of imidazole rings is 1. The fraction of sp³-hybridized carbons (Fsp3) is 0.222. The number of nitrogens with zero attached hydrogens (tertiary/aromatic N) is 6. The summed E-state index contributed by atoms with van der Waals surface area (Å²) < 4.78 is 4.01. The third-order valence-corrected chi connectivity index (χ3v) is 5.24. The molecule has 1 aliphatic rings. The smallest absolute Gasteiger partial charge is 0.253 e. The van der Waals surface area contributed by atoms with Crippen LogP contribution in [0.15, 0.2) is 41.7 Å². The zero-order valence-electron chi connectivity index (χ0n) is 14.0. The van der Waals surface area contributed by atoms with Crippen LogP contribution in [0.4, 0.5) is 0 Å². The van der Waals surface area contributed by atoms with Crippen molar-refractivity contribution in [3.05, 3.63) is 59.2 Å². The highest BCUT2D eigenvalue weighted by molar-refractivity contribution is 7.98. The van der Waals surface area contributed by atoms with E-state index in [-0.39, 0.29) is 0 Å². The Morgan fingerprint density at radius 3 is 2.92 bits per heavy atom. The van der Waals surface area contributed by atoms with Gasteiger partial charge in [0.2, 0.25) is 5.16 Å². The van der Waals surface area contributed by atoms with Crippen molar-refractivity contribution in [1.29, 1.82) is 0 Å². The lowest BCUT2D eigenvalue weighted by Crippen LogP contribution is -1.97. The Morgan fingerprint density at radius 1 is 1.12 bits per heavy atom. The Kier molecular flexibility index (Phi) is 3.18. The molecule has 0 aliphatic carbocycles. The number of fused-ring (bicyclic) bond motifs is 4. The second-order valence-corrected chi connectivity index (χ2v) is 7.22. The zero-order chi connectivity index (χ0) is 17.0. The van der Waals surface area contributed by atoms with Crippen LogP contribution in [0.3, 0.4) is 0 Å². The van der Waals surface area contributed by atoms with Gasteiger partial charge in [0.25, 0.3) is 5.78 Å². The molecule has 0 N–H and O–H groups in total. The number of thioether (sulfide) groups is 1. The topological polar surface area (TPSA) is 60.9 Å². The lowest BCUT2D eigenvalue weighted by atomic mass is 10.1. The summed E-state index contributed by atoms with van der Waals surface area (Å²) in [6.45, 7) is 4.89. The normalized spacial score (nSPS) is 12.6. The monoisotopic (exact) mass is 348 g/mol. The maximum atomic E-state index is 4.80. The van der Waals surface area contributed by atoms with Crippen molar-refractivity contribution in [3.63, 3.8) is 0 Å². The largest absolute Gasteiger partial charge is 0.326 e. The molecule has 1 aliphatic heterocycles. The molecule has 124 valence electrons. The molecule has 0 unspecified atom stereocenters. The van der Waals surface area contributed by atoms with Gasteiger partial charge in [0.1, 0.15) is 5.82 Å². The first-order chi connectivity index (χ1) is 12.2. The summed E-state index contributed by atoms with van der Waals surface area (Å²) in [6.07, 6.45) is 2.13. The number of hydrogen-bond donors (Lipinski definition) is 0. The van der Waals surface area contributed by atoms with Crippen LogP contribution in [0.1, 0.15) is 22.6 Å². The summed E-state index contributed by atoms with van der Waals surface area (Å²) in [7, 11) is 0. The molecule has 0 fully saturated rings. The number of hydrogen-bond acceptors (Lipinski definition) is 5. The van der Waals surface area contributed by atoms with Crippen LogP contribution in [0, 0.1) is 13.8 Å². The first-order valence-corrected chi connectivity index (χ1v) is 9.14. The van der Waals surface area contributed by atoms with Crippen LogP contribution >= 0.6 is 11.8 Å². The van der Waals surface area contributed by atoms with E-state index in [0.717, 1.165) is 40.4 Å². The van der Waals surface area contributed by atoms with Gasteiger partial charge in [-0.3, -0.25) is 0 Å². The standard InChI is InChI=1S/C18H16N6S/c1-11-7-12(2)24-17(19-11)21-18(22-24)25-10-14-9-23-8-13-5-3-4-6-15(13)16(23)20-14/h3-7,9H,8,10H2,1-2H3. The lowest BCUT2D eigenvalue weighted by Gasteiger charge is -1.97. The molecular weight excluding hydrogens is 332 g/mol. The average molecular weight is 348 g/mol. The van der Waals surface area contributed by atoms with E-state index in [4.69, 9.17) is 4.98 Å². The summed E-state index contributed by atoms with van der Waals surface area (Å²) in [5.41, 5.74) is 5.62. The molecule has 7 heteroatoms. The molecule has 0 bridgehead atoms. The Labute approximate surface area is 149 Å². The van der Waals surface area contributed by atoms with Gasteiger partial charge in [0.15, 0.2) is 0 Å². The SMILES string of the molecule is Cc1cc(C)n2nc(SCc3cn4c(n3)-c3ccccc3C4)nc2n1. The van der Waals surface area contributed by atoms with Gasteiger partial charge in [-0.15, -0.1) is 5.10 Å². The molecule has 0 saturated heterocycles. The van der Waals surface area contributed by atoms with Crippen molar-refractivity contribution in [3.8, 4) is 11.4 Å². The Morgan fingerprint density at radius 2 is 2.00 bits per heavy atom. The summed E-state index contributed by atoms with van der Waals surface area (Å²) in [5.74, 6) is 2.46.